The number of amides is 5. The van der Waals surface area contributed by atoms with Crippen molar-refractivity contribution in [1.82, 2.24) is 25.8 Å². The van der Waals surface area contributed by atoms with Gasteiger partial charge in [-0.05, 0) is 51.5 Å². The fourth-order valence-electron chi connectivity index (χ4n) is 3.45. The quantitative estimate of drug-likeness (QED) is 0.0596. The monoisotopic (exact) mass is 560 g/mol. The SMILES string of the molecule is CC(=O)N(O)CCCCCNC(=O)CCC(=O)N(O)CCCCCCNC(=O)CCC(=O)N(O)CCCCN. The summed E-state index contributed by atoms with van der Waals surface area (Å²) < 4.78 is 0. The highest BCUT2D eigenvalue weighted by Crippen LogP contribution is 2.04. The Morgan fingerprint density at radius 1 is 0.564 bits per heavy atom. The van der Waals surface area contributed by atoms with Gasteiger partial charge in [-0.2, -0.15) is 0 Å². The van der Waals surface area contributed by atoms with Crippen LogP contribution < -0.4 is 16.4 Å². The first-order valence-electron chi connectivity index (χ1n) is 13.8. The number of carbonyl (C=O) groups is 5. The smallest absolute Gasteiger partial charge is 0.246 e. The van der Waals surface area contributed by atoms with Gasteiger partial charge in [0.25, 0.3) is 0 Å². The lowest BCUT2D eigenvalue weighted by Gasteiger charge is -2.15. The Bertz CT molecular complexity index is 739. The number of nitrogens with zero attached hydrogens (tertiary/aromatic N) is 3. The summed E-state index contributed by atoms with van der Waals surface area (Å²) in [5.41, 5.74) is 5.36. The van der Waals surface area contributed by atoms with Crippen LogP contribution in [0.2, 0.25) is 0 Å². The molecule has 0 aromatic carbocycles. The van der Waals surface area contributed by atoms with Crippen LogP contribution in [-0.2, 0) is 24.0 Å². The molecule has 0 bridgehead atoms. The fraction of sp³-hybridized carbons (Fsp3) is 0.800. The molecule has 0 heterocycles. The summed E-state index contributed by atoms with van der Waals surface area (Å²) in [7, 11) is 0. The van der Waals surface area contributed by atoms with Crippen molar-refractivity contribution in [2.75, 3.05) is 39.3 Å². The predicted octanol–water partition coefficient (Wildman–Crippen LogP) is 0.922. The van der Waals surface area contributed by atoms with Crippen LogP contribution in [0.15, 0.2) is 0 Å². The zero-order valence-electron chi connectivity index (χ0n) is 23.2. The number of unbranched alkanes of at least 4 members (excludes halogenated alkanes) is 6. The van der Waals surface area contributed by atoms with Crippen LogP contribution in [-0.4, -0.2) is 99.6 Å². The van der Waals surface area contributed by atoms with E-state index in [1.807, 2.05) is 0 Å². The Labute approximate surface area is 230 Å². The second kappa shape index (κ2) is 23.1. The minimum Gasteiger partial charge on any atom is -0.356 e. The molecule has 0 saturated carbocycles. The van der Waals surface area contributed by atoms with Gasteiger partial charge in [0, 0.05) is 65.3 Å². The molecule has 14 nitrogen and oxygen atoms in total. The first-order chi connectivity index (χ1) is 18.6. The minimum absolute atomic E-state index is 0.00189. The van der Waals surface area contributed by atoms with Crippen molar-refractivity contribution in [3.63, 3.8) is 0 Å². The van der Waals surface area contributed by atoms with Crippen LogP contribution in [0.5, 0.6) is 0 Å². The van der Waals surface area contributed by atoms with Crippen molar-refractivity contribution < 1.29 is 39.6 Å². The third-order valence-corrected chi connectivity index (χ3v) is 5.88. The van der Waals surface area contributed by atoms with Crippen molar-refractivity contribution in [3.8, 4) is 0 Å². The molecular weight excluding hydrogens is 512 g/mol. The lowest BCUT2D eigenvalue weighted by atomic mass is 10.2. The largest absolute Gasteiger partial charge is 0.356 e. The molecule has 0 saturated heterocycles. The number of carbonyl (C=O) groups excluding carboxylic acids is 5. The van der Waals surface area contributed by atoms with Crippen molar-refractivity contribution in [2.24, 2.45) is 5.73 Å². The summed E-state index contributed by atoms with van der Waals surface area (Å²) in [6, 6.07) is 0. The van der Waals surface area contributed by atoms with Crippen LogP contribution in [0.1, 0.15) is 90.4 Å². The fourth-order valence-corrected chi connectivity index (χ4v) is 3.45. The minimum atomic E-state index is -0.528. The first kappa shape index (κ1) is 36.2. The molecule has 7 N–H and O–H groups in total. The number of hydrogen-bond acceptors (Lipinski definition) is 9. The van der Waals surface area contributed by atoms with Gasteiger partial charge in [-0.25, -0.2) is 15.2 Å². The average Bonchev–Trinajstić information content (AvgIpc) is 2.91. The van der Waals surface area contributed by atoms with Gasteiger partial charge < -0.3 is 16.4 Å². The third-order valence-electron chi connectivity index (χ3n) is 5.88. The van der Waals surface area contributed by atoms with Crippen molar-refractivity contribution in [2.45, 2.75) is 90.4 Å². The normalized spacial score (nSPS) is 10.6. The summed E-state index contributed by atoms with van der Waals surface area (Å²) in [4.78, 5) is 58.3. The predicted molar refractivity (Wildman–Crippen MR) is 141 cm³/mol. The average molecular weight is 561 g/mol. The summed E-state index contributed by atoms with van der Waals surface area (Å²) in [5.74, 6) is -1.99. The molecule has 39 heavy (non-hydrogen) atoms. The van der Waals surface area contributed by atoms with Gasteiger partial charge >= 0.3 is 0 Å². The van der Waals surface area contributed by atoms with E-state index in [-0.39, 0.29) is 57.1 Å². The molecule has 14 heteroatoms. The van der Waals surface area contributed by atoms with E-state index in [1.165, 1.54) is 6.92 Å². The van der Waals surface area contributed by atoms with Gasteiger partial charge in [-0.15, -0.1) is 0 Å². The molecule has 0 unspecified atom stereocenters. The van der Waals surface area contributed by atoms with E-state index in [4.69, 9.17) is 5.73 Å². The van der Waals surface area contributed by atoms with Crippen LogP contribution in [0.4, 0.5) is 0 Å². The lowest BCUT2D eigenvalue weighted by Crippen LogP contribution is -2.31. The summed E-state index contributed by atoms with van der Waals surface area (Å²) >= 11 is 0. The summed E-state index contributed by atoms with van der Waals surface area (Å²) in [6.45, 7) is 3.23. The molecule has 5 amide bonds. The molecular formula is C25H48N6O8. The Kier molecular flexibility index (Phi) is 21.4. The van der Waals surface area contributed by atoms with Gasteiger partial charge in [0.05, 0.1) is 0 Å². The molecule has 0 aliphatic carbocycles. The van der Waals surface area contributed by atoms with E-state index in [1.54, 1.807) is 0 Å². The molecule has 0 spiro atoms. The van der Waals surface area contributed by atoms with E-state index in [0.717, 1.165) is 19.3 Å². The topological polar surface area (TPSA) is 206 Å². The molecule has 0 aliphatic rings. The van der Waals surface area contributed by atoms with E-state index in [2.05, 4.69) is 10.6 Å². The highest BCUT2D eigenvalue weighted by atomic mass is 16.5. The first-order valence-corrected chi connectivity index (χ1v) is 13.8. The van der Waals surface area contributed by atoms with Gasteiger partial charge in [-0.3, -0.25) is 39.6 Å². The lowest BCUT2D eigenvalue weighted by molar-refractivity contribution is -0.166. The molecule has 0 rings (SSSR count). The second-order valence-corrected chi connectivity index (χ2v) is 9.35. The Morgan fingerprint density at radius 3 is 1.38 bits per heavy atom. The van der Waals surface area contributed by atoms with Gasteiger partial charge in [0.1, 0.15) is 0 Å². The van der Waals surface area contributed by atoms with Gasteiger partial charge in [0.15, 0.2) is 0 Å². The van der Waals surface area contributed by atoms with Crippen molar-refractivity contribution >= 4 is 29.5 Å². The van der Waals surface area contributed by atoms with E-state index < -0.39 is 17.7 Å². The Hall–Kier alpha value is -2.81. The standard InChI is InChI=1S/C25H48N6O8/c1-21(32)29(37)18-9-4-7-17-28-23(34)11-13-24(35)30(38)19-8-3-2-6-16-27-22(33)12-14-25(36)31(39)20-10-5-15-26/h37-39H,2-20,26H2,1H3,(H,27,33)(H,28,34). The maximum atomic E-state index is 12.0. The van der Waals surface area contributed by atoms with Gasteiger partial charge in [-0.1, -0.05) is 12.8 Å². The van der Waals surface area contributed by atoms with E-state index in [0.29, 0.717) is 73.3 Å². The molecule has 0 atom stereocenters. The van der Waals surface area contributed by atoms with Crippen LogP contribution in [0.3, 0.4) is 0 Å². The molecule has 0 fully saturated rings. The summed E-state index contributed by atoms with van der Waals surface area (Å²) in [6.07, 6.45) is 5.92. The maximum Gasteiger partial charge on any atom is 0.246 e. The van der Waals surface area contributed by atoms with Crippen LogP contribution >= 0.6 is 0 Å². The number of hydrogen-bond donors (Lipinski definition) is 6. The maximum absolute atomic E-state index is 12.0. The highest BCUT2D eigenvalue weighted by molar-refractivity contribution is 5.83. The molecule has 226 valence electrons. The van der Waals surface area contributed by atoms with E-state index in [9.17, 15) is 39.6 Å². The second-order valence-electron chi connectivity index (χ2n) is 9.35. The van der Waals surface area contributed by atoms with Crippen molar-refractivity contribution in [1.29, 1.82) is 0 Å². The van der Waals surface area contributed by atoms with Crippen molar-refractivity contribution in [3.05, 3.63) is 0 Å². The number of nitrogens with two attached hydrogens (primary N) is 1. The number of hydroxylamine groups is 6. The Morgan fingerprint density at radius 2 is 0.949 bits per heavy atom. The molecule has 0 aromatic rings. The van der Waals surface area contributed by atoms with Crippen LogP contribution in [0, 0.1) is 0 Å². The number of rotatable bonds is 23. The zero-order chi connectivity index (χ0) is 29.5. The summed E-state index contributed by atoms with van der Waals surface area (Å²) in [5, 5.41) is 36.0. The Balaban J connectivity index is 3.72. The molecule has 0 radical (unpaired) electrons. The molecule has 0 aliphatic heterocycles. The van der Waals surface area contributed by atoms with Gasteiger partial charge in [0.2, 0.25) is 29.5 Å². The van der Waals surface area contributed by atoms with E-state index >= 15 is 0 Å². The number of nitrogens with one attached hydrogen (secondary N) is 2. The molecule has 0 aromatic heterocycles. The highest BCUT2D eigenvalue weighted by Gasteiger charge is 2.14. The zero-order valence-corrected chi connectivity index (χ0v) is 23.2. The van der Waals surface area contributed by atoms with Crippen LogP contribution in [0.25, 0.3) is 0 Å². The third kappa shape index (κ3) is 20.8.